The first-order chi connectivity index (χ1) is 8.06. The molecule has 2 aliphatic carbocycles. The quantitative estimate of drug-likeness (QED) is 0.749. The van der Waals surface area contributed by atoms with Gasteiger partial charge in [-0.3, -0.25) is 4.79 Å². The number of carbonyl (C=O) groups is 1. The molecule has 1 spiro atoms. The van der Waals surface area contributed by atoms with Gasteiger partial charge < -0.3 is 10.4 Å². The molecule has 2 N–H and O–H groups in total. The van der Waals surface area contributed by atoms with E-state index in [1.165, 1.54) is 32.1 Å². The van der Waals surface area contributed by atoms with Crippen molar-refractivity contribution in [2.45, 2.75) is 64.8 Å². The van der Waals surface area contributed by atoms with Crippen LogP contribution in [-0.2, 0) is 4.79 Å². The Morgan fingerprint density at radius 1 is 1.35 bits per heavy atom. The molecule has 0 amide bonds. The smallest absolute Gasteiger partial charge is 0.310 e. The molecule has 0 aromatic rings. The van der Waals surface area contributed by atoms with E-state index in [1.54, 1.807) is 0 Å². The predicted octanol–water partition coefficient (Wildman–Crippen LogP) is 2.80. The van der Waals surface area contributed by atoms with Crippen LogP contribution in [0.2, 0.25) is 0 Å². The minimum absolute atomic E-state index is 0.553. The zero-order chi connectivity index (χ0) is 12.5. The van der Waals surface area contributed by atoms with Crippen molar-refractivity contribution in [3.05, 3.63) is 0 Å². The fraction of sp³-hybridized carbons (Fsp3) is 0.929. The van der Waals surface area contributed by atoms with Crippen molar-refractivity contribution in [2.75, 3.05) is 6.54 Å². The number of carboxylic acid groups (broad SMARTS) is 1. The van der Waals surface area contributed by atoms with Gasteiger partial charge in [0.2, 0.25) is 0 Å². The molecule has 17 heavy (non-hydrogen) atoms. The van der Waals surface area contributed by atoms with Crippen molar-refractivity contribution >= 4 is 5.97 Å². The molecule has 0 bridgehead atoms. The lowest BCUT2D eigenvalue weighted by molar-refractivity contribution is -0.149. The standard InChI is InChI=1S/C14H25NO2/c1-3-14(4-2,12(16)17)10-15-11-8-13(9-11)6-5-7-13/h11,15H,3-10H2,1-2H3,(H,16,17). The Balaban J connectivity index is 1.78. The van der Waals surface area contributed by atoms with Crippen LogP contribution in [0.3, 0.4) is 0 Å². The molecule has 0 aliphatic heterocycles. The summed E-state index contributed by atoms with van der Waals surface area (Å²) in [5, 5.41) is 12.8. The highest BCUT2D eigenvalue weighted by Crippen LogP contribution is 2.55. The van der Waals surface area contributed by atoms with Gasteiger partial charge in [-0.1, -0.05) is 20.3 Å². The molecule has 0 unspecified atom stereocenters. The summed E-state index contributed by atoms with van der Waals surface area (Å²) >= 11 is 0. The SMILES string of the molecule is CCC(CC)(CNC1CC2(CCC2)C1)C(=O)O. The summed E-state index contributed by atoms with van der Waals surface area (Å²) in [5.74, 6) is -0.646. The van der Waals surface area contributed by atoms with E-state index in [4.69, 9.17) is 0 Å². The maximum absolute atomic E-state index is 11.4. The van der Waals surface area contributed by atoms with Crippen molar-refractivity contribution in [3.63, 3.8) is 0 Å². The van der Waals surface area contributed by atoms with Crippen LogP contribution in [0.4, 0.5) is 0 Å². The molecular weight excluding hydrogens is 214 g/mol. The van der Waals surface area contributed by atoms with E-state index in [0.29, 0.717) is 30.8 Å². The summed E-state index contributed by atoms with van der Waals surface area (Å²) in [6.07, 6.45) is 8.17. The van der Waals surface area contributed by atoms with Crippen molar-refractivity contribution in [1.82, 2.24) is 5.32 Å². The zero-order valence-corrected chi connectivity index (χ0v) is 11.1. The van der Waals surface area contributed by atoms with Gasteiger partial charge in [0.25, 0.3) is 0 Å². The van der Waals surface area contributed by atoms with Crippen LogP contribution in [0.15, 0.2) is 0 Å². The third kappa shape index (κ3) is 2.22. The minimum atomic E-state index is -0.646. The van der Waals surface area contributed by atoms with Crippen molar-refractivity contribution in [3.8, 4) is 0 Å². The lowest BCUT2D eigenvalue weighted by Crippen LogP contribution is -2.55. The van der Waals surface area contributed by atoms with Crippen molar-refractivity contribution < 1.29 is 9.90 Å². The van der Waals surface area contributed by atoms with E-state index in [9.17, 15) is 9.90 Å². The van der Waals surface area contributed by atoms with E-state index in [0.717, 1.165) is 0 Å². The van der Waals surface area contributed by atoms with Gasteiger partial charge in [0.1, 0.15) is 0 Å². The average Bonchev–Trinajstić information content (AvgIpc) is 2.19. The summed E-state index contributed by atoms with van der Waals surface area (Å²) in [6.45, 7) is 4.59. The number of nitrogens with one attached hydrogen (secondary N) is 1. The fourth-order valence-electron chi connectivity index (χ4n) is 3.43. The van der Waals surface area contributed by atoms with Crippen LogP contribution < -0.4 is 5.32 Å². The van der Waals surface area contributed by atoms with Gasteiger partial charge in [-0.05, 0) is 43.9 Å². The first-order valence-corrected chi connectivity index (χ1v) is 7.03. The molecule has 98 valence electrons. The van der Waals surface area contributed by atoms with Crippen LogP contribution in [0, 0.1) is 10.8 Å². The highest BCUT2D eigenvalue weighted by Gasteiger charge is 2.48. The summed E-state index contributed by atoms with van der Waals surface area (Å²) in [6, 6.07) is 0.576. The minimum Gasteiger partial charge on any atom is -0.481 e. The third-order valence-electron chi connectivity index (χ3n) is 5.31. The van der Waals surface area contributed by atoms with Gasteiger partial charge in [0, 0.05) is 12.6 Å². The largest absolute Gasteiger partial charge is 0.481 e. The fourth-order valence-corrected chi connectivity index (χ4v) is 3.43. The summed E-state index contributed by atoms with van der Waals surface area (Å²) in [4.78, 5) is 11.4. The Kier molecular flexibility index (Phi) is 3.48. The van der Waals surface area contributed by atoms with Crippen LogP contribution in [0.25, 0.3) is 0 Å². The van der Waals surface area contributed by atoms with Crippen LogP contribution in [0.5, 0.6) is 0 Å². The van der Waals surface area contributed by atoms with Gasteiger partial charge in [0.15, 0.2) is 0 Å². The molecule has 3 nitrogen and oxygen atoms in total. The van der Waals surface area contributed by atoms with E-state index in [1.807, 2.05) is 13.8 Å². The molecule has 2 saturated carbocycles. The average molecular weight is 239 g/mol. The second kappa shape index (κ2) is 4.60. The lowest BCUT2D eigenvalue weighted by Gasteiger charge is -2.55. The molecule has 0 atom stereocenters. The van der Waals surface area contributed by atoms with Crippen LogP contribution >= 0.6 is 0 Å². The first-order valence-electron chi connectivity index (χ1n) is 7.03. The molecule has 0 heterocycles. The number of aliphatic carboxylic acids is 1. The van der Waals surface area contributed by atoms with Gasteiger partial charge in [-0.15, -0.1) is 0 Å². The number of rotatable bonds is 6. The third-order valence-corrected chi connectivity index (χ3v) is 5.31. The molecule has 0 aromatic carbocycles. The Bertz CT molecular complexity index is 285. The van der Waals surface area contributed by atoms with Crippen LogP contribution in [-0.4, -0.2) is 23.7 Å². The number of hydrogen-bond donors (Lipinski definition) is 2. The Morgan fingerprint density at radius 2 is 1.94 bits per heavy atom. The summed E-state index contributed by atoms with van der Waals surface area (Å²) in [5.41, 5.74) is 0.115. The van der Waals surface area contributed by atoms with Crippen molar-refractivity contribution in [1.29, 1.82) is 0 Å². The summed E-state index contributed by atoms with van der Waals surface area (Å²) < 4.78 is 0. The first kappa shape index (κ1) is 12.9. The molecule has 2 fully saturated rings. The van der Waals surface area contributed by atoms with Crippen LogP contribution in [0.1, 0.15) is 58.8 Å². The van der Waals surface area contributed by atoms with E-state index < -0.39 is 11.4 Å². The second-order valence-corrected chi connectivity index (χ2v) is 6.13. The van der Waals surface area contributed by atoms with E-state index in [-0.39, 0.29) is 0 Å². The van der Waals surface area contributed by atoms with Gasteiger partial charge in [-0.25, -0.2) is 0 Å². The molecule has 3 heteroatoms. The number of carboxylic acids is 1. The molecule has 0 aromatic heterocycles. The Labute approximate surface area is 104 Å². The molecule has 2 aliphatic rings. The van der Waals surface area contributed by atoms with Gasteiger partial charge in [-0.2, -0.15) is 0 Å². The predicted molar refractivity (Wildman–Crippen MR) is 68.0 cm³/mol. The number of hydrogen-bond acceptors (Lipinski definition) is 2. The van der Waals surface area contributed by atoms with Gasteiger partial charge >= 0.3 is 5.97 Å². The Hall–Kier alpha value is -0.570. The highest BCUT2D eigenvalue weighted by atomic mass is 16.4. The molecule has 0 radical (unpaired) electrons. The summed E-state index contributed by atoms with van der Waals surface area (Å²) in [7, 11) is 0. The van der Waals surface area contributed by atoms with E-state index >= 15 is 0 Å². The molecular formula is C14H25NO2. The lowest BCUT2D eigenvalue weighted by atomic mass is 9.54. The monoisotopic (exact) mass is 239 g/mol. The highest BCUT2D eigenvalue weighted by molar-refractivity contribution is 5.74. The Morgan fingerprint density at radius 3 is 2.29 bits per heavy atom. The van der Waals surface area contributed by atoms with Crippen molar-refractivity contribution in [2.24, 2.45) is 10.8 Å². The maximum Gasteiger partial charge on any atom is 0.310 e. The second-order valence-electron chi connectivity index (χ2n) is 6.13. The normalized spacial score (nSPS) is 23.2. The zero-order valence-electron chi connectivity index (χ0n) is 11.1. The van der Waals surface area contributed by atoms with E-state index in [2.05, 4.69) is 5.32 Å². The molecule has 0 saturated heterocycles. The van der Waals surface area contributed by atoms with Gasteiger partial charge in [0.05, 0.1) is 5.41 Å². The molecule has 2 rings (SSSR count). The maximum atomic E-state index is 11.4. The topological polar surface area (TPSA) is 49.3 Å².